The van der Waals surface area contributed by atoms with Crippen molar-refractivity contribution in [3.05, 3.63) is 97.3 Å². The minimum atomic E-state index is -0.541. The van der Waals surface area contributed by atoms with E-state index in [9.17, 15) is 9.59 Å². The number of ether oxygens (including phenoxy) is 1. The number of benzene rings is 2. The van der Waals surface area contributed by atoms with Crippen LogP contribution in [0.25, 0.3) is 22.6 Å². The summed E-state index contributed by atoms with van der Waals surface area (Å²) in [6.07, 6.45) is 3.60. The maximum atomic E-state index is 13.2. The molecule has 7 heteroatoms. The fourth-order valence-electron chi connectivity index (χ4n) is 4.05. The van der Waals surface area contributed by atoms with Crippen molar-refractivity contribution in [1.82, 2.24) is 4.98 Å². The second-order valence-corrected chi connectivity index (χ2v) is 9.46. The van der Waals surface area contributed by atoms with Crippen molar-refractivity contribution in [2.75, 3.05) is 6.61 Å². The lowest BCUT2D eigenvalue weighted by molar-refractivity contribution is 0.0475. The molecule has 5 rings (SSSR count). The number of aromatic nitrogens is 1. The van der Waals surface area contributed by atoms with Gasteiger partial charge in [0.25, 0.3) is 0 Å². The van der Waals surface area contributed by atoms with Crippen LogP contribution in [0.4, 0.5) is 0 Å². The van der Waals surface area contributed by atoms with Crippen LogP contribution in [0.5, 0.6) is 0 Å². The van der Waals surface area contributed by atoms with Crippen molar-refractivity contribution in [2.45, 2.75) is 12.8 Å². The van der Waals surface area contributed by atoms with Gasteiger partial charge >= 0.3 is 5.97 Å². The van der Waals surface area contributed by atoms with Gasteiger partial charge in [-0.15, -0.1) is 11.3 Å². The van der Waals surface area contributed by atoms with Crippen LogP contribution < -0.4 is 0 Å². The number of carbonyl (C=O) groups is 2. The Morgan fingerprint density at radius 2 is 1.91 bits per heavy atom. The molecule has 4 aromatic rings. The highest BCUT2D eigenvalue weighted by Gasteiger charge is 2.28. The summed E-state index contributed by atoms with van der Waals surface area (Å²) in [7, 11) is 0. The van der Waals surface area contributed by atoms with E-state index in [0.29, 0.717) is 22.5 Å². The molecule has 0 radical (unpaired) electrons. The minimum Gasteiger partial charge on any atom is -0.454 e. The van der Waals surface area contributed by atoms with E-state index in [1.807, 2.05) is 35.7 Å². The highest BCUT2D eigenvalue weighted by Crippen LogP contribution is 2.38. The first kappa shape index (κ1) is 21.8. The lowest BCUT2D eigenvalue weighted by Crippen LogP contribution is -2.16. The summed E-state index contributed by atoms with van der Waals surface area (Å²) in [6, 6.07) is 16.2. The number of carbonyl (C=O) groups excluding carboxylic acids is 2. The molecule has 0 spiro atoms. The monoisotopic (exact) mass is 493 g/mol. The Morgan fingerprint density at radius 1 is 1.06 bits per heavy atom. The first-order valence-corrected chi connectivity index (χ1v) is 12.0. The van der Waals surface area contributed by atoms with Crippen molar-refractivity contribution in [2.24, 2.45) is 0 Å². The van der Waals surface area contributed by atoms with Crippen LogP contribution in [-0.2, 0) is 11.2 Å². The van der Waals surface area contributed by atoms with Gasteiger partial charge in [0.05, 0.1) is 21.8 Å². The van der Waals surface area contributed by atoms with Gasteiger partial charge in [-0.05, 0) is 65.8 Å². The molecule has 1 aliphatic carbocycles. The number of allylic oxidation sites excluding steroid dienone is 1. The van der Waals surface area contributed by atoms with Crippen molar-refractivity contribution in [1.29, 1.82) is 0 Å². The molecule has 2 aromatic heterocycles. The fourth-order valence-corrected chi connectivity index (χ4v) is 5.25. The summed E-state index contributed by atoms with van der Waals surface area (Å²) in [4.78, 5) is 31.9. The van der Waals surface area contributed by atoms with Crippen molar-refractivity contribution < 1.29 is 14.3 Å². The van der Waals surface area contributed by atoms with E-state index in [-0.39, 0.29) is 10.6 Å². The number of esters is 1. The molecule has 0 bridgehead atoms. The molecule has 0 saturated heterocycles. The number of Topliss-reactive ketones (excluding diaryl/α,β-unsaturated/α-hetero) is 1. The Kier molecular flexibility index (Phi) is 6.02. The standard InChI is InChI=1S/C26H17Cl2NO3S/c27-16-8-10-18(21(28)13-16)23(30)14-32-26(31)24-19-5-1-2-6-22(19)29-25-15(7-9-20(24)25)12-17-4-3-11-33-17/h1-6,8,10-13H,7,9,14H2/b15-12-. The summed E-state index contributed by atoms with van der Waals surface area (Å²) in [5.74, 6) is -0.932. The van der Waals surface area contributed by atoms with E-state index in [2.05, 4.69) is 12.1 Å². The van der Waals surface area contributed by atoms with Gasteiger partial charge in [0.1, 0.15) is 0 Å². The number of para-hydroxylation sites is 1. The first-order valence-electron chi connectivity index (χ1n) is 10.3. The third-order valence-corrected chi connectivity index (χ3v) is 6.94. The Bertz CT molecular complexity index is 1430. The highest BCUT2D eigenvalue weighted by atomic mass is 35.5. The van der Waals surface area contributed by atoms with Crippen LogP contribution in [0.2, 0.25) is 10.0 Å². The van der Waals surface area contributed by atoms with Crippen molar-refractivity contribution >= 4 is 68.8 Å². The fraction of sp³-hybridized carbons (Fsp3) is 0.115. The van der Waals surface area contributed by atoms with Gasteiger partial charge in [-0.2, -0.15) is 0 Å². The number of fused-ring (bicyclic) bond motifs is 2. The van der Waals surface area contributed by atoms with E-state index < -0.39 is 18.4 Å². The molecule has 0 atom stereocenters. The predicted molar refractivity (Wildman–Crippen MR) is 133 cm³/mol. The van der Waals surface area contributed by atoms with Crippen LogP contribution in [0.15, 0.2) is 60.0 Å². The molecule has 33 heavy (non-hydrogen) atoms. The Hall–Kier alpha value is -2.99. The van der Waals surface area contributed by atoms with Crippen molar-refractivity contribution in [3.63, 3.8) is 0 Å². The average molecular weight is 494 g/mol. The Labute approximate surface area is 204 Å². The average Bonchev–Trinajstić information content (AvgIpc) is 3.46. The summed E-state index contributed by atoms with van der Waals surface area (Å²) in [5, 5.41) is 3.40. The zero-order valence-corrected chi connectivity index (χ0v) is 19.6. The maximum Gasteiger partial charge on any atom is 0.339 e. The normalized spacial score (nSPS) is 13.9. The number of pyridine rings is 1. The van der Waals surface area contributed by atoms with E-state index >= 15 is 0 Å². The molecule has 2 heterocycles. The van der Waals surface area contributed by atoms with E-state index in [1.165, 1.54) is 12.1 Å². The van der Waals surface area contributed by atoms with Crippen LogP contribution in [0.1, 0.15) is 43.3 Å². The van der Waals surface area contributed by atoms with E-state index in [1.54, 1.807) is 17.4 Å². The number of halogens is 2. The molecule has 0 N–H and O–H groups in total. The molecule has 164 valence electrons. The van der Waals surface area contributed by atoms with Crippen LogP contribution in [0, 0.1) is 0 Å². The van der Waals surface area contributed by atoms with Crippen LogP contribution in [0.3, 0.4) is 0 Å². The number of nitrogens with zero attached hydrogens (tertiary/aromatic N) is 1. The van der Waals surface area contributed by atoms with Gasteiger partial charge in [0, 0.05) is 20.8 Å². The van der Waals surface area contributed by atoms with Gasteiger partial charge in [-0.25, -0.2) is 9.78 Å². The molecule has 1 aliphatic rings. The highest BCUT2D eigenvalue weighted by molar-refractivity contribution is 7.10. The zero-order chi connectivity index (χ0) is 22.9. The smallest absolute Gasteiger partial charge is 0.339 e. The SMILES string of the molecule is O=C(COC(=O)c1c2c(nc3ccccc13)/C(=C\c1cccs1)CC2)c1ccc(Cl)cc1Cl. The molecular weight excluding hydrogens is 477 g/mol. The predicted octanol–water partition coefficient (Wildman–Crippen LogP) is 7.13. The number of thiophene rings is 1. The number of rotatable bonds is 5. The number of hydrogen-bond acceptors (Lipinski definition) is 5. The van der Waals surface area contributed by atoms with Crippen LogP contribution >= 0.6 is 34.5 Å². The molecule has 0 aliphatic heterocycles. The zero-order valence-electron chi connectivity index (χ0n) is 17.3. The Morgan fingerprint density at radius 3 is 2.70 bits per heavy atom. The molecule has 0 saturated carbocycles. The molecule has 0 fully saturated rings. The van der Waals surface area contributed by atoms with Gasteiger partial charge in [-0.3, -0.25) is 4.79 Å². The second-order valence-electron chi connectivity index (χ2n) is 7.64. The first-order chi connectivity index (χ1) is 16.0. The van der Waals surface area contributed by atoms with Crippen LogP contribution in [-0.4, -0.2) is 23.3 Å². The number of ketones is 1. The third kappa shape index (κ3) is 4.32. The van der Waals surface area contributed by atoms with Gasteiger partial charge < -0.3 is 4.74 Å². The molecule has 2 aromatic carbocycles. The van der Waals surface area contributed by atoms with E-state index in [0.717, 1.165) is 33.5 Å². The lowest BCUT2D eigenvalue weighted by atomic mass is 10.0. The van der Waals surface area contributed by atoms with Crippen molar-refractivity contribution in [3.8, 4) is 0 Å². The lowest BCUT2D eigenvalue weighted by Gasteiger charge is -2.12. The molecule has 0 amide bonds. The molecular formula is C26H17Cl2NO3S. The maximum absolute atomic E-state index is 13.2. The van der Waals surface area contributed by atoms with Gasteiger partial charge in [0.2, 0.25) is 5.78 Å². The largest absolute Gasteiger partial charge is 0.454 e. The third-order valence-electron chi connectivity index (χ3n) is 5.57. The molecule has 4 nitrogen and oxygen atoms in total. The van der Waals surface area contributed by atoms with E-state index in [4.69, 9.17) is 32.9 Å². The number of hydrogen-bond donors (Lipinski definition) is 0. The topological polar surface area (TPSA) is 56.3 Å². The van der Waals surface area contributed by atoms with Gasteiger partial charge in [0.15, 0.2) is 6.61 Å². The van der Waals surface area contributed by atoms with Gasteiger partial charge in [-0.1, -0.05) is 47.5 Å². The quantitative estimate of drug-likeness (QED) is 0.219. The summed E-state index contributed by atoms with van der Waals surface area (Å²) in [5.41, 5.74) is 4.23. The summed E-state index contributed by atoms with van der Waals surface area (Å²) < 4.78 is 5.48. The summed E-state index contributed by atoms with van der Waals surface area (Å²) in [6.45, 7) is -0.413. The summed E-state index contributed by atoms with van der Waals surface area (Å²) >= 11 is 13.7. The second kappa shape index (κ2) is 9.10. The molecule has 0 unspecified atom stereocenters. The Balaban J connectivity index is 1.49. The minimum absolute atomic E-state index is 0.224.